The van der Waals surface area contributed by atoms with Gasteiger partial charge in [0, 0.05) is 23.4 Å². The molecule has 0 unspecified atom stereocenters. The number of carbonyl (C=O) groups excluding carboxylic acids is 1. The molecule has 0 saturated carbocycles. The fraction of sp³-hybridized carbons (Fsp3) is 0.250. The summed E-state index contributed by atoms with van der Waals surface area (Å²) < 4.78 is 2.41. The number of hydrogen-bond acceptors (Lipinski definition) is 3. The predicted molar refractivity (Wildman–Crippen MR) is 77.6 cm³/mol. The van der Waals surface area contributed by atoms with Crippen LogP contribution in [-0.4, -0.2) is 20.7 Å². The number of hydrogen-bond donors (Lipinski definition) is 1. The Kier molecular flexibility index (Phi) is 3.91. The summed E-state index contributed by atoms with van der Waals surface area (Å²) in [4.78, 5) is 16.2. The lowest BCUT2D eigenvalue weighted by Gasteiger charge is -2.07. The zero-order valence-electron chi connectivity index (χ0n) is 10.7. The van der Waals surface area contributed by atoms with E-state index in [9.17, 15) is 4.79 Å². The average Bonchev–Trinajstić information content (AvgIpc) is 2.58. The molecule has 0 saturated heterocycles. The molecule has 5 nitrogen and oxygen atoms in total. The monoisotopic (exact) mass is 342 g/mol. The summed E-state index contributed by atoms with van der Waals surface area (Å²) in [5.41, 5.74) is 2.49. The molecular formula is C12H12BrClN4O. The van der Waals surface area contributed by atoms with Crippen molar-refractivity contribution < 1.29 is 4.79 Å². The molecule has 2 rings (SSSR count). The van der Waals surface area contributed by atoms with Crippen LogP contribution in [0.2, 0.25) is 5.15 Å². The Balaban J connectivity index is 2.33. The molecule has 0 aliphatic heterocycles. The van der Waals surface area contributed by atoms with Crippen molar-refractivity contribution >= 4 is 39.1 Å². The zero-order chi connectivity index (χ0) is 14.2. The molecule has 100 valence electrons. The molecule has 0 atom stereocenters. The van der Waals surface area contributed by atoms with Gasteiger partial charge in [0.15, 0.2) is 5.15 Å². The third-order valence-corrected chi connectivity index (χ3v) is 3.52. The maximum Gasteiger partial charge on any atom is 0.259 e. The van der Waals surface area contributed by atoms with Crippen molar-refractivity contribution in [3.05, 3.63) is 38.8 Å². The highest BCUT2D eigenvalue weighted by molar-refractivity contribution is 9.10. The maximum absolute atomic E-state index is 12.3. The van der Waals surface area contributed by atoms with Crippen LogP contribution in [-0.2, 0) is 7.05 Å². The first-order valence-corrected chi connectivity index (χ1v) is 6.70. The first kappa shape index (κ1) is 14.0. The molecule has 0 bridgehead atoms. The number of aryl methyl sites for hydroxylation is 2. The van der Waals surface area contributed by atoms with Crippen LogP contribution in [0.4, 0.5) is 5.69 Å². The van der Waals surface area contributed by atoms with Crippen LogP contribution in [0.1, 0.15) is 21.7 Å². The van der Waals surface area contributed by atoms with E-state index < -0.39 is 0 Å². The number of nitrogens with one attached hydrogen (secondary N) is 1. The van der Waals surface area contributed by atoms with E-state index in [0.29, 0.717) is 16.9 Å². The number of pyridine rings is 1. The van der Waals surface area contributed by atoms with Gasteiger partial charge >= 0.3 is 0 Å². The predicted octanol–water partition coefficient (Wildman–Crippen LogP) is 3.10. The van der Waals surface area contributed by atoms with Crippen molar-refractivity contribution in [3.63, 3.8) is 0 Å². The van der Waals surface area contributed by atoms with Gasteiger partial charge in [-0.1, -0.05) is 11.6 Å². The second-order valence-electron chi connectivity index (χ2n) is 4.12. The van der Waals surface area contributed by atoms with Crippen LogP contribution >= 0.6 is 27.5 Å². The molecule has 19 heavy (non-hydrogen) atoms. The van der Waals surface area contributed by atoms with E-state index in [1.165, 1.54) is 0 Å². The van der Waals surface area contributed by atoms with Gasteiger partial charge in [0.2, 0.25) is 0 Å². The summed E-state index contributed by atoms with van der Waals surface area (Å²) in [5, 5.41) is 7.20. The molecule has 0 aliphatic carbocycles. The van der Waals surface area contributed by atoms with Crippen LogP contribution in [0.5, 0.6) is 0 Å². The number of carbonyl (C=O) groups is 1. The first-order chi connectivity index (χ1) is 8.90. The lowest BCUT2D eigenvalue weighted by molar-refractivity contribution is 0.102. The van der Waals surface area contributed by atoms with E-state index in [0.717, 1.165) is 10.2 Å². The third kappa shape index (κ3) is 2.79. The molecule has 2 aromatic rings. The van der Waals surface area contributed by atoms with Crippen molar-refractivity contribution in [1.29, 1.82) is 0 Å². The molecule has 7 heteroatoms. The van der Waals surface area contributed by atoms with Gasteiger partial charge in [-0.15, -0.1) is 0 Å². The summed E-state index contributed by atoms with van der Waals surface area (Å²) in [5.74, 6) is -0.245. The van der Waals surface area contributed by atoms with Gasteiger partial charge in [0.05, 0.1) is 16.9 Å². The molecule has 1 N–H and O–H groups in total. The number of halogens is 2. The number of nitrogens with zero attached hydrogens (tertiary/aromatic N) is 3. The van der Waals surface area contributed by atoms with Crippen molar-refractivity contribution in [2.24, 2.45) is 7.05 Å². The average molecular weight is 344 g/mol. The van der Waals surface area contributed by atoms with Gasteiger partial charge in [-0.2, -0.15) is 5.10 Å². The molecule has 0 fully saturated rings. The minimum atomic E-state index is -0.245. The Bertz CT molecular complexity index is 653. The molecule has 0 aliphatic rings. The summed E-state index contributed by atoms with van der Waals surface area (Å²) in [7, 11) is 1.80. The SMILES string of the molecule is Cc1nn(C)c(C)c1C(=O)Nc1cc(Br)cnc1Cl. The lowest BCUT2D eigenvalue weighted by Crippen LogP contribution is -2.14. The molecule has 0 radical (unpaired) electrons. The van der Waals surface area contributed by atoms with E-state index in [4.69, 9.17) is 11.6 Å². The highest BCUT2D eigenvalue weighted by atomic mass is 79.9. The maximum atomic E-state index is 12.3. The van der Waals surface area contributed by atoms with E-state index in [1.54, 1.807) is 30.9 Å². The van der Waals surface area contributed by atoms with Crippen molar-refractivity contribution in [1.82, 2.24) is 14.8 Å². The van der Waals surface area contributed by atoms with Gasteiger partial charge in [-0.3, -0.25) is 9.48 Å². The Morgan fingerprint density at radius 2 is 2.16 bits per heavy atom. The highest BCUT2D eigenvalue weighted by Gasteiger charge is 2.18. The van der Waals surface area contributed by atoms with Crippen molar-refractivity contribution in [3.8, 4) is 0 Å². The lowest BCUT2D eigenvalue weighted by atomic mass is 10.2. The van der Waals surface area contributed by atoms with Crippen LogP contribution in [0.3, 0.4) is 0 Å². The van der Waals surface area contributed by atoms with Crippen molar-refractivity contribution in [2.45, 2.75) is 13.8 Å². The van der Waals surface area contributed by atoms with Gasteiger partial charge in [0.1, 0.15) is 0 Å². The second kappa shape index (κ2) is 5.30. The number of anilines is 1. The summed E-state index contributed by atoms with van der Waals surface area (Å²) in [6.07, 6.45) is 1.57. The molecule has 1 amide bonds. The van der Waals surface area contributed by atoms with Crippen LogP contribution in [0, 0.1) is 13.8 Å². The largest absolute Gasteiger partial charge is 0.319 e. The van der Waals surface area contributed by atoms with Crippen LogP contribution in [0.25, 0.3) is 0 Å². The Labute approximate surface area is 124 Å². The third-order valence-electron chi connectivity index (χ3n) is 2.79. The summed E-state index contributed by atoms with van der Waals surface area (Å²) >= 11 is 9.23. The molecule has 0 spiro atoms. The number of amides is 1. The van der Waals surface area contributed by atoms with Gasteiger partial charge in [0.25, 0.3) is 5.91 Å². The molecule has 2 heterocycles. The molecule has 0 aromatic carbocycles. The normalized spacial score (nSPS) is 10.6. The minimum Gasteiger partial charge on any atom is -0.319 e. The number of aromatic nitrogens is 3. The van der Waals surface area contributed by atoms with E-state index in [2.05, 4.69) is 31.3 Å². The zero-order valence-corrected chi connectivity index (χ0v) is 13.0. The van der Waals surface area contributed by atoms with Crippen LogP contribution < -0.4 is 5.32 Å². The highest BCUT2D eigenvalue weighted by Crippen LogP contribution is 2.24. The van der Waals surface area contributed by atoms with Crippen LogP contribution in [0.15, 0.2) is 16.7 Å². The Morgan fingerprint density at radius 1 is 1.47 bits per heavy atom. The second-order valence-corrected chi connectivity index (χ2v) is 5.39. The molecular weight excluding hydrogens is 332 g/mol. The number of rotatable bonds is 2. The smallest absolute Gasteiger partial charge is 0.259 e. The standard InChI is InChI=1S/C12H12BrClN4O/c1-6-10(7(2)18(3)17-6)12(19)16-9-4-8(13)5-15-11(9)14/h4-5H,1-3H3,(H,16,19). The van der Waals surface area contributed by atoms with Crippen molar-refractivity contribution in [2.75, 3.05) is 5.32 Å². The Hall–Kier alpha value is -1.40. The summed E-state index contributed by atoms with van der Waals surface area (Å²) in [6, 6.07) is 1.70. The van der Waals surface area contributed by atoms with Gasteiger partial charge in [-0.05, 0) is 35.8 Å². The van der Waals surface area contributed by atoms with E-state index >= 15 is 0 Å². The Morgan fingerprint density at radius 3 is 2.74 bits per heavy atom. The minimum absolute atomic E-state index is 0.245. The first-order valence-electron chi connectivity index (χ1n) is 5.52. The van der Waals surface area contributed by atoms with E-state index in [1.807, 2.05) is 6.92 Å². The van der Waals surface area contributed by atoms with E-state index in [-0.39, 0.29) is 11.1 Å². The molecule has 2 aromatic heterocycles. The topological polar surface area (TPSA) is 59.8 Å². The fourth-order valence-electron chi connectivity index (χ4n) is 1.80. The fourth-order valence-corrected chi connectivity index (χ4v) is 2.28. The van der Waals surface area contributed by atoms with Gasteiger partial charge in [-0.25, -0.2) is 4.98 Å². The quantitative estimate of drug-likeness (QED) is 0.852. The summed E-state index contributed by atoms with van der Waals surface area (Å²) in [6.45, 7) is 3.64. The van der Waals surface area contributed by atoms with Gasteiger partial charge < -0.3 is 5.32 Å².